The van der Waals surface area contributed by atoms with Crippen LogP contribution in [0.4, 0.5) is 23.5 Å². The van der Waals surface area contributed by atoms with E-state index >= 15 is 0 Å². The van der Waals surface area contributed by atoms with E-state index in [1.807, 2.05) is 60.7 Å². The van der Waals surface area contributed by atoms with Crippen molar-refractivity contribution in [2.24, 2.45) is 29.6 Å². The minimum atomic E-state index is -0.0938. The molecule has 0 unspecified atom stereocenters. The number of carbonyl (C=O) groups excluding carboxylic acids is 5. The topological polar surface area (TPSA) is 132 Å². The third kappa shape index (κ3) is 35.5. The maximum absolute atomic E-state index is 12.4. The molecule has 5 aliphatic rings. The van der Waals surface area contributed by atoms with Gasteiger partial charge in [-0.25, -0.2) is 0 Å². The Bertz CT molecular complexity index is 4170. The van der Waals surface area contributed by atoms with E-state index in [4.69, 9.17) is 23.7 Å². The highest BCUT2D eigenvalue weighted by Crippen LogP contribution is 2.43. The molecule has 0 saturated heterocycles. The Morgan fingerprint density at radius 3 is 0.438 bits per heavy atom. The summed E-state index contributed by atoms with van der Waals surface area (Å²) in [6.45, 7) is 11.0. The molecule has 0 amide bonds. The number of aryl methyl sites for hydroxylation is 5. The largest absolute Gasteiger partial charge is 0.426 e. The Hall–Kier alpha value is -9.05. The van der Waals surface area contributed by atoms with Crippen molar-refractivity contribution < 1.29 is 71.2 Å². The predicted octanol–water partition coefficient (Wildman–Crippen LogP) is 29.8. The van der Waals surface area contributed by atoms with Gasteiger partial charge in [0.1, 0.15) is 28.7 Å². The number of hydrogen-bond acceptors (Lipinski definition) is 15. The summed E-state index contributed by atoms with van der Waals surface area (Å²) in [7, 11) is 0. The van der Waals surface area contributed by atoms with Crippen LogP contribution in [0.5, 0.6) is 28.7 Å². The normalized spacial score (nSPS) is 19.5. The van der Waals surface area contributed by atoms with E-state index < -0.39 is 0 Å². The maximum atomic E-state index is 12.4. The summed E-state index contributed by atoms with van der Waals surface area (Å²) in [5.74, 6) is 5.53. The Morgan fingerprint density at radius 2 is 0.323 bits per heavy atom. The molecule has 0 heterocycles. The Kier molecular flexibility index (Phi) is 49.0. The molecule has 20 heteroatoms. The van der Waals surface area contributed by atoms with Crippen LogP contribution in [0.1, 0.15) is 280 Å². The first kappa shape index (κ1) is 110. The van der Waals surface area contributed by atoms with Gasteiger partial charge in [-0.15, -0.1) is 63.1 Å². The van der Waals surface area contributed by atoms with E-state index in [1.165, 1.54) is 87.7 Å². The van der Waals surface area contributed by atoms with Crippen molar-refractivity contribution in [1.29, 1.82) is 0 Å². The third-order valence-corrected chi connectivity index (χ3v) is 27.0. The molecule has 10 nitrogen and oxygen atoms in total. The van der Waals surface area contributed by atoms with E-state index in [-0.39, 0.29) is 83.0 Å². The van der Waals surface area contributed by atoms with Gasteiger partial charge in [0.05, 0.1) is 29.6 Å². The number of esters is 5. The molecule has 0 N–H and O–H groups in total. The molecule has 700 valence electrons. The maximum Gasteiger partial charge on any atom is 0.314 e. The highest BCUT2D eigenvalue weighted by molar-refractivity contribution is 7.81. The average Bonchev–Trinajstić information content (AvgIpc) is 0.854. The van der Waals surface area contributed by atoms with Crippen LogP contribution in [-0.2, 0) is 56.1 Å². The van der Waals surface area contributed by atoms with Crippen LogP contribution in [0.15, 0.2) is 267 Å². The number of halogens is 5. The second kappa shape index (κ2) is 58.1. The molecule has 5 fully saturated rings. The number of ether oxygens (including phenoxy) is 5. The smallest absolute Gasteiger partial charge is 0.314 e. The van der Waals surface area contributed by atoms with E-state index in [2.05, 4.69) is 219 Å². The van der Waals surface area contributed by atoms with Crippen LogP contribution >= 0.6 is 63.1 Å². The van der Waals surface area contributed by atoms with Gasteiger partial charge in [0, 0.05) is 24.5 Å². The van der Waals surface area contributed by atoms with Crippen LogP contribution in [0.2, 0.25) is 0 Å². The fourth-order valence-electron chi connectivity index (χ4n) is 18.1. The molecule has 5 saturated carbocycles. The second-order valence-corrected chi connectivity index (χ2v) is 37.4. The van der Waals surface area contributed by atoms with Gasteiger partial charge in [-0.3, -0.25) is 47.5 Å². The molecule has 0 aliphatic heterocycles. The molecular formula is C110H135F5O10S5. The van der Waals surface area contributed by atoms with E-state index in [1.54, 1.807) is 60.7 Å². The molecule has 0 aromatic heterocycles. The molecule has 5 aliphatic carbocycles. The van der Waals surface area contributed by atoms with Gasteiger partial charge >= 0.3 is 29.8 Å². The van der Waals surface area contributed by atoms with Crippen molar-refractivity contribution in [1.82, 2.24) is 0 Å². The van der Waals surface area contributed by atoms with Crippen molar-refractivity contribution in [3.05, 3.63) is 298 Å². The quantitative estimate of drug-likeness (QED) is 0.0163. The number of thiol groups is 5. The van der Waals surface area contributed by atoms with Gasteiger partial charge in [-0.2, -0.15) is 0 Å². The van der Waals surface area contributed by atoms with E-state index in [9.17, 15) is 24.0 Å². The summed E-state index contributed by atoms with van der Waals surface area (Å²) in [5, 5.41) is 0. The molecule has 10 aromatic rings. The molecule has 0 spiro atoms. The minimum absolute atomic E-state index is 0. The molecule has 15 rings (SSSR count). The van der Waals surface area contributed by atoms with Crippen LogP contribution in [-0.4, -0.2) is 29.8 Å². The Morgan fingerprint density at radius 1 is 0.200 bits per heavy atom. The van der Waals surface area contributed by atoms with Gasteiger partial charge in [0.15, 0.2) is 0 Å². The molecule has 0 radical (unpaired) electrons. The first-order valence-corrected chi connectivity index (χ1v) is 48.5. The molecule has 130 heavy (non-hydrogen) atoms. The van der Waals surface area contributed by atoms with Crippen molar-refractivity contribution >= 4 is 93.0 Å². The summed E-state index contributed by atoms with van der Waals surface area (Å²) in [4.78, 5) is 66.2. The van der Waals surface area contributed by atoms with Crippen molar-refractivity contribution in [2.75, 3.05) is 0 Å². The zero-order valence-electron chi connectivity index (χ0n) is 75.9. The zero-order chi connectivity index (χ0) is 88.2. The fourth-order valence-corrected chi connectivity index (χ4v) is 18.9. The van der Waals surface area contributed by atoms with Gasteiger partial charge in [-0.1, -0.05) is 188 Å². The predicted molar refractivity (Wildman–Crippen MR) is 535 cm³/mol. The SMILES string of the molecule is CCCc1ccc(C2CCC(C(=O)Oc3ccc(S)cc3)CC2)cc1.CCCc1ccc(C2CCC(C(=O)Oc3ccc(S)cc3)CC2)cc1.CCCc1ccc(C2CCC(C(=O)Oc3ccc(S)cc3)CC2)cc1.CCCc1ccc(C2CCC(C(=O)Oc3ccc(S)cc3)CC2)cc1.CCCc1ccc(C2CCC(C(=O)Oc3ccc(S)cc3)CC2)cc1.F.F.F.F.F. The lowest BCUT2D eigenvalue weighted by Crippen LogP contribution is -2.25. The van der Waals surface area contributed by atoms with Crippen molar-refractivity contribution in [3.8, 4) is 28.7 Å². The van der Waals surface area contributed by atoms with Crippen LogP contribution < -0.4 is 23.7 Å². The first-order valence-electron chi connectivity index (χ1n) is 46.2. The lowest BCUT2D eigenvalue weighted by Gasteiger charge is -2.27. The molecular weight excluding hydrogens is 1740 g/mol. The van der Waals surface area contributed by atoms with Crippen LogP contribution in [0, 0.1) is 29.6 Å². The second-order valence-electron chi connectivity index (χ2n) is 34.8. The third-order valence-electron chi connectivity index (χ3n) is 25.5. The molecule has 10 aromatic carbocycles. The monoisotopic (exact) mass is 1870 g/mol. The van der Waals surface area contributed by atoms with Crippen molar-refractivity contribution in [2.45, 2.75) is 281 Å². The molecule has 0 atom stereocenters. The number of hydrogen-bond donors (Lipinski definition) is 5. The fraction of sp³-hybridized carbons (Fsp3) is 0.409. The number of benzene rings is 10. The van der Waals surface area contributed by atoms with E-state index in [0.717, 1.165) is 185 Å². The van der Waals surface area contributed by atoms with Gasteiger partial charge in [0.2, 0.25) is 0 Å². The average molecular weight is 1870 g/mol. The summed E-state index contributed by atoms with van der Waals surface area (Å²) >= 11 is 21.2. The number of carbonyl (C=O) groups is 5. The summed E-state index contributed by atoms with van der Waals surface area (Å²) in [6.07, 6.45) is 31.3. The first-order chi connectivity index (χ1) is 60.8. The summed E-state index contributed by atoms with van der Waals surface area (Å²) in [5.41, 5.74) is 14.1. The van der Waals surface area contributed by atoms with Crippen molar-refractivity contribution in [3.63, 3.8) is 0 Å². The summed E-state index contributed by atoms with van der Waals surface area (Å²) < 4.78 is 27.6. The van der Waals surface area contributed by atoms with E-state index in [0.29, 0.717) is 58.3 Å². The zero-order valence-corrected chi connectivity index (χ0v) is 80.4. The lowest BCUT2D eigenvalue weighted by atomic mass is 9.78. The Balaban J connectivity index is 0.000000248. The highest BCUT2D eigenvalue weighted by atomic mass is 32.1. The number of rotatable bonds is 25. The van der Waals surface area contributed by atoms with Gasteiger partial charge in [-0.05, 0) is 367 Å². The highest BCUT2D eigenvalue weighted by Gasteiger charge is 2.34. The summed E-state index contributed by atoms with van der Waals surface area (Å²) in [6, 6.07) is 81.6. The van der Waals surface area contributed by atoms with Gasteiger partial charge < -0.3 is 23.7 Å². The standard InChI is InChI=1S/5C22H26O2S.5FH/c5*1-2-3-16-4-6-17(7-5-16)18-8-10-19(11-9-18)22(23)24-20-12-14-21(25)15-13-20;;;;;/h5*4-7,12-15,18-19,25H,2-3,8-11H2,1H3;5*1H. The van der Waals surface area contributed by atoms with Gasteiger partial charge in [0.25, 0.3) is 0 Å². The van der Waals surface area contributed by atoms with Crippen LogP contribution in [0.25, 0.3) is 0 Å². The Labute approximate surface area is 796 Å². The lowest BCUT2D eigenvalue weighted by molar-refractivity contribution is -0.141. The van der Waals surface area contributed by atoms with Crippen LogP contribution in [0.3, 0.4) is 0 Å². The minimum Gasteiger partial charge on any atom is -0.426 e. The molecule has 0 bridgehead atoms.